The van der Waals surface area contributed by atoms with Crippen molar-refractivity contribution in [3.05, 3.63) is 102 Å². The SMILES string of the molecule is Cc1ccc(/C(=C/N)N(N)c2cc(-c3cccc(S(C)=O)c3)ccc2-n2cc(C(F)F)nc2C)cc1. The number of nitrogens with zero attached hydrogens (tertiary/aromatic N) is 3. The minimum absolute atomic E-state index is 0.322. The van der Waals surface area contributed by atoms with Gasteiger partial charge in [0, 0.05) is 39.9 Å². The molecule has 4 rings (SSSR count). The number of anilines is 1. The number of rotatable bonds is 7. The van der Waals surface area contributed by atoms with Crippen LogP contribution >= 0.6 is 0 Å². The molecule has 6 nitrogen and oxygen atoms in total. The van der Waals surface area contributed by atoms with Crippen molar-refractivity contribution in [2.24, 2.45) is 11.6 Å². The molecule has 0 fully saturated rings. The summed E-state index contributed by atoms with van der Waals surface area (Å²) in [5, 5.41) is 1.44. The first-order valence-electron chi connectivity index (χ1n) is 11.2. The van der Waals surface area contributed by atoms with E-state index in [9.17, 15) is 13.0 Å². The Hall–Kier alpha value is -3.82. The predicted molar refractivity (Wildman–Crippen MR) is 141 cm³/mol. The number of nitrogens with two attached hydrogens (primary N) is 2. The van der Waals surface area contributed by atoms with E-state index in [0.29, 0.717) is 27.8 Å². The van der Waals surface area contributed by atoms with Crippen LogP contribution in [0.2, 0.25) is 0 Å². The summed E-state index contributed by atoms with van der Waals surface area (Å²) in [5.74, 6) is 7.05. The largest absolute Gasteiger partial charge is 0.403 e. The maximum Gasteiger partial charge on any atom is 0.281 e. The molecule has 1 heterocycles. The second kappa shape index (κ2) is 10.4. The van der Waals surface area contributed by atoms with Crippen molar-refractivity contribution in [1.82, 2.24) is 9.55 Å². The summed E-state index contributed by atoms with van der Waals surface area (Å²) in [6.45, 7) is 3.64. The first-order chi connectivity index (χ1) is 17.2. The van der Waals surface area contributed by atoms with Gasteiger partial charge in [-0.05, 0) is 49.2 Å². The van der Waals surface area contributed by atoms with Gasteiger partial charge >= 0.3 is 0 Å². The monoisotopic (exact) mass is 507 g/mol. The van der Waals surface area contributed by atoms with E-state index in [2.05, 4.69) is 4.98 Å². The molecular weight excluding hydrogens is 480 g/mol. The fourth-order valence-corrected chi connectivity index (χ4v) is 4.53. The molecule has 3 aromatic carbocycles. The molecule has 1 unspecified atom stereocenters. The molecule has 0 radical (unpaired) electrons. The van der Waals surface area contributed by atoms with Crippen molar-refractivity contribution < 1.29 is 13.0 Å². The zero-order valence-corrected chi connectivity index (χ0v) is 21.0. The van der Waals surface area contributed by atoms with Crippen LogP contribution in [0, 0.1) is 13.8 Å². The van der Waals surface area contributed by atoms with Gasteiger partial charge < -0.3 is 10.3 Å². The highest BCUT2D eigenvalue weighted by atomic mass is 32.2. The van der Waals surface area contributed by atoms with Crippen LogP contribution in [0.1, 0.15) is 29.1 Å². The van der Waals surface area contributed by atoms with Crippen molar-refractivity contribution in [2.45, 2.75) is 25.2 Å². The van der Waals surface area contributed by atoms with Crippen LogP contribution in [0.15, 0.2) is 84.0 Å². The van der Waals surface area contributed by atoms with Gasteiger partial charge in [-0.2, -0.15) is 0 Å². The minimum Gasteiger partial charge on any atom is -0.403 e. The zero-order chi connectivity index (χ0) is 26.0. The highest BCUT2D eigenvalue weighted by molar-refractivity contribution is 7.84. The Labute approximate surface area is 211 Å². The number of aromatic nitrogens is 2. The molecule has 186 valence electrons. The van der Waals surface area contributed by atoms with Crippen LogP contribution < -0.4 is 16.6 Å². The average molecular weight is 508 g/mol. The van der Waals surface area contributed by atoms with E-state index in [1.807, 2.05) is 61.5 Å². The van der Waals surface area contributed by atoms with Gasteiger partial charge in [0.05, 0.1) is 17.1 Å². The molecule has 0 aliphatic rings. The van der Waals surface area contributed by atoms with Crippen LogP contribution in [0.4, 0.5) is 14.5 Å². The molecule has 0 aliphatic heterocycles. The number of alkyl halides is 2. The minimum atomic E-state index is -2.70. The van der Waals surface area contributed by atoms with Gasteiger partial charge in [-0.1, -0.05) is 48.0 Å². The summed E-state index contributed by atoms with van der Waals surface area (Å²) in [6, 6.07) is 20.7. The zero-order valence-electron chi connectivity index (χ0n) is 20.2. The third-order valence-electron chi connectivity index (χ3n) is 5.88. The summed E-state index contributed by atoms with van der Waals surface area (Å²) in [6.07, 6.45) is 1.64. The van der Waals surface area contributed by atoms with Crippen molar-refractivity contribution in [2.75, 3.05) is 11.3 Å². The topological polar surface area (TPSA) is 90.2 Å². The molecule has 0 aliphatic carbocycles. The van der Waals surface area contributed by atoms with Crippen molar-refractivity contribution in [1.29, 1.82) is 0 Å². The molecule has 1 atom stereocenters. The number of aryl methyl sites for hydroxylation is 2. The first-order valence-corrected chi connectivity index (χ1v) is 12.7. The van der Waals surface area contributed by atoms with Gasteiger partial charge in [0.25, 0.3) is 6.43 Å². The molecular formula is C27H27F2N5OS. The molecule has 4 aromatic rings. The Kier molecular flexibility index (Phi) is 7.32. The van der Waals surface area contributed by atoms with Crippen molar-refractivity contribution in [3.63, 3.8) is 0 Å². The Morgan fingerprint density at radius 3 is 2.36 bits per heavy atom. The van der Waals surface area contributed by atoms with Crippen LogP contribution in [0.5, 0.6) is 0 Å². The van der Waals surface area contributed by atoms with E-state index in [4.69, 9.17) is 11.6 Å². The predicted octanol–water partition coefficient (Wildman–Crippen LogP) is 5.47. The summed E-state index contributed by atoms with van der Waals surface area (Å²) in [7, 11) is -1.15. The molecule has 36 heavy (non-hydrogen) atoms. The van der Waals surface area contributed by atoms with E-state index < -0.39 is 17.2 Å². The van der Waals surface area contributed by atoms with Crippen LogP contribution in [-0.4, -0.2) is 20.0 Å². The quantitative estimate of drug-likeness (QED) is 0.256. The fraction of sp³-hybridized carbons (Fsp3) is 0.148. The van der Waals surface area contributed by atoms with Gasteiger partial charge in [-0.15, -0.1) is 0 Å². The van der Waals surface area contributed by atoms with Gasteiger partial charge in [0.15, 0.2) is 0 Å². The standard InChI is InChI=1S/C27H27F2N5OS/c1-17-7-9-19(10-8-17)26(15-30)34(31)25-14-21(20-5-4-6-22(13-20)36(3)35)11-12-24(25)33-16-23(27(28)29)32-18(33)2/h4-16,27H,30-31H2,1-3H3/b26-15-. The molecule has 9 heteroatoms. The van der Waals surface area contributed by atoms with Crippen LogP contribution in [0.25, 0.3) is 22.5 Å². The Bertz CT molecular complexity index is 1450. The number of hydrogen-bond acceptors (Lipinski definition) is 5. The van der Waals surface area contributed by atoms with E-state index in [1.165, 1.54) is 17.4 Å². The Morgan fingerprint density at radius 1 is 1.06 bits per heavy atom. The number of imidazole rings is 1. The van der Waals surface area contributed by atoms with Gasteiger partial charge in [0.2, 0.25) is 0 Å². The molecule has 0 spiro atoms. The van der Waals surface area contributed by atoms with Crippen LogP contribution in [-0.2, 0) is 10.8 Å². The lowest BCUT2D eigenvalue weighted by Gasteiger charge is -2.26. The second-order valence-electron chi connectivity index (χ2n) is 8.36. The lowest BCUT2D eigenvalue weighted by atomic mass is 10.0. The lowest BCUT2D eigenvalue weighted by Crippen LogP contribution is -2.31. The molecule has 4 N–H and O–H groups in total. The number of halogens is 2. The van der Waals surface area contributed by atoms with E-state index in [-0.39, 0.29) is 5.69 Å². The number of hydrazine groups is 1. The smallest absolute Gasteiger partial charge is 0.281 e. The summed E-state index contributed by atoms with van der Waals surface area (Å²) in [5.41, 5.74) is 10.8. The lowest BCUT2D eigenvalue weighted by molar-refractivity contribution is 0.146. The maximum absolute atomic E-state index is 13.4. The molecule has 1 aromatic heterocycles. The summed E-state index contributed by atoms with van der Waals surface area (Å²) < 4.78 is 40.4. The fourth-order valence-electron chi connectivity index (χ4n) is 3.97. The molecule has 0 amide bonds. The normalized spacial score (nSPS) is 12.7. The number of hydrogen-bond donors (Lipinski definition) is 2. The summed E-state index contributed by atoms with van der Waals surface area (Å²) in [4.78, 5) is 4.70. The molecule has 0 saturated carbocycles. The van der Waals surface area contributed by atoms with Gasteiger partial charge in [-0.3, -0.25) is 9.22 Å². The highest BCUT2D eigenvalue weighted by Gasteiger charge is 2.20. The Morgan fingerprint density at radius 2 is 1.75 bits per heavy atom. The highest BCUT2D eigenvalue weighted by Crippen LogP contribution is 2.35. The summed E-state index contributed by atoms with van der Waals surface area (Å²) >= 11 is 0. The average Bonchev–Trinajstić information content (AvgIpc) is 3.27. The maximum atomic E-state index is 13.4. The third-order valence-corrected chi connectivity index (χ3v) is 6.80. The van der Waals surface area contributed by atoms with Gasteiger partial charge in [0.1, 0.15) is 11.5 Å². The molecule has 0 bridgehead atoms. The van der Waals surface area contributed by atoms with E-state index in [1.54, 1.807) is 29.9 Å². The van der Waals surface area contributed by atoms with Crippen molar-refractivity contribution >= 4 is 22.2 Å². The van der Waals surface area contributed by atoms with Crippen LogP contribution in [0.3, 0.4) is 0 Å². The van der Waals surface area contributed by atoms with E-state index >= 15 is 0 Å². The van der Waals surface area contributed by atoms with E-state index in [0.717, 1.165) is 22.3 Å². The number of benzene rings is 3. The van der Waals surface area contributed by atoms with Crippen molar-refractivity contribution in [3.8, 4) is 16.8 Å². The first kappa shape index (κ1) is 25.3. The second-order valence-corrected chi connectivity index (χ2v) is 9.74. The Balaban J connectivity index is 1.90. The van der Waals surface area contributed by atoms with Gasteiger partial charge in [-0.25, -0.2) is 19.6 Å². The molecule has 0 saturated heterocycles. The third kappa shape index (κ3) is 5.07.